The first-order valence-electron chi connectivity index (χ1n) is 20.4. The van der Waals surface area contributed by atoms with Crippen LogP contribution in [0.15, 0.2) is 18.2 Å². The Balaban J connectivity index is 1.33. The van der Waals surface area contributed by atoms with Gasteiger partial charge in [-0.3, -0.25) is 15.1 Å². The molecule has 14 heteroatoms. The van der Waals surface area contributed by atoms with Crippen molar-refractivity contribution >= 4 is 17.7 Å². The Morgan fingerprint density at radius 1 is 0.983 bits per heavy atom. The normalized spacial score (nSPS) is 28.1. The van der Waals surface area contributed by atoms with Crippen LogP contribution < -0.4 is 33.7 Å². The summed E-state index contributed by atoms with van der Waals surface area (Å²) >= 11 is 1.66. The molecule has 58 heavy (non-hydrogen) atoms. The van der Waals surface area contributed by atoms with Gasteiger partial charge < -0.3 is 38.3 Å². The van der Waals surface area contributed by atoms with E-state index in [4.69, 9.17) is 33.2 Å². The van der Waals surface area contributed by atoms with Gasteiger partial charge in [0.1, 0.15) is 18.4 Å². The summed E-state index contributed by atoms with van der Waals surface area (Å²) in [6, 6.07) is 6.51. The van der Waals surface area contributed by atoms with Crippen LogP contribution in [0.3, 0.4) is 0 Å². The van der Waals surface area contributed by atoms with Gasteiger partial charge in [0, 0.05) is 46.6 Å². The fraction of sp³-hybridized carbons (Fsp3) is 0.545. The highest BCUT2D eigenvalue weighted by Gasteiger charge is 2.62. The first-order chi connectivity index (χ1) is 28.1. The molecule has 10 rings (SSSR count). The fourth-order valence-corrected chi connectivity index (χ4v) is 12.3. The largest absolute Gasteiger partial charge is 0.504 e. The van der Waals surface area contributed by atoms with Gasteiger partial charge in [0.25, 0.3) is 0 Å². The number of likely N-dealkylation sites (N-methyl/N-ethyl adjacent to an activating group) is 1. The number of nitrogens with one attached hydrogen (secondary N) is 1. The molecule has 0 aliphatic carbocycles. The van der Waals surface area contributed by atoms with Crippen LogP contribution in [0.4, 0.5) is 0 Å². The molecule has 0 amide bonds. The van der Waals surface area contributed by atoms with Crippen LogP contribution in [0, 0.1) is 25.2 Å². The number of hydrogen-bond acceptors (Lipinski definition) is 14. The van der Waals surface area contributed by atoms with Crippen molar-refractivity contribution in [1.82, 2.24) is 15.1 Å². The van der Waals surface area contributed by atoms with Gasteiger partial charge >= 0.3 is 5.97 Å². The van der Waals surface area contributed by atoms with Crippen molar-refractivity contribution in [3.05, 3.63) is 62.7 Å². The molecule has 3 aromatic rings. The number of phenolic OH excluding ortho intramolecular Hbond substituents is 1. The maximum Gasteiger partial charge on any atom is 0.331 e. The molecule has 13 nitrogen and oxygen atoms in total. The van der Waals surface area contributed by atoms with Crippen molar-refractivity contribution < 1.29 is 43.1 Å². The van der Waals surface area contributed by atoms with Crippen molar-refractivity contribution in [2.24, 2.45) is 0 Å². The summed E-state index contributed by atoms with van der Waals surface area (Å²) in [6.07, 6.45) is 2.86. The number of aryl methyl sites for hydroxylation is 1. The molecule has 0 radical (unpaired) electrons. The molecule has 7 heterocycles. The molecule has 7 aliphatic heterocycles. The minimum absolute atomic E-state index is 0.0251. The summed E-state index contributed by atoms with van der Waals surface area (Å²) in [5.74, 6) is 3.59. The molecule has 2 fully saturated rings. The number of carbonyl (C=O) groups excluding carboxylic acids is 1. The molecule has 1 unspecified atom stereocenters. The number of rotatable bonds is 8. The Hall–Kier alpha value is -4.55. The van der Waals surface area contributed by atoms with E-state index in [-0.39, 0.29) is 54.0 Å². The van der Waals surface area contributed by atoms with E-state index in [1.54, 1.807) is 31.0 Å². The van der Waals surface area contributed by atoms with Crippen LogP contribution in [0.1, 0.15) is 88.5 Å². The Morgan fingerprint density at radius 3 is 2.47 bits per heavy atom. The third-order valence-corrected chi connectivity index (χ3v) is 14.5. The van der Waals surface area contributed by atoms with E-state index in [0.717, 1.165) is 68.8 Å². The first-order valence-corrected chi connectivity index (χ1v) is 21.4. The molecule has 2 N–H and O–H groups in total. The second-order valence-electron chi connectivity index (χ2n) is 16.2. The molecular formula is C44H52N4O9S. The van der Waals surface area contributed by atoms with Crippen LogP contribution in [0.5, 0.6) is 40.2 Å². The van der Waals surface area contributed by atoms with E-state index in [2.05, 4.69) is 55.1 Å². The number of thioether (sulfide) groups is 1. The number of ether oxygens (including phenoxy) is 7. The van der Waals surface area contributed by atoms with Gasteiger partial charge in [0.2, 0.25) is 6.79 Å². The van der Waals surface area contributed by atoms with Crippen molar-refractivity contribution in [1.29, 1.82) is 5.26 Å². The lowest BCUT2D eigenvalue weighted by molar-refractivity contribution is -0.157. The first kappa shape index (κ1) is 38.9. The number of carbonyl (C=O) groups is 1. The topological polar surface area (TPSA) is 144 Å². The molecule has 7 atom stereocenters. The number of piperazine rings is 1. The minimum Gasteiger partial charge on any atom is -0.504 e. The van der Waals surface area contributed by atoms with Crippen LogP contribution in [0.25, 0.3) is 0 Å². The molecule has 4 bridgehead atoms. The number of esters is 1. The number of phenols is 1. The SMILES string of the molecule is CCCOc1c(C)c2c(c3c1[C@H]1SC[C@]4(NCCc5cc(O)c(OC)cc54)C(=O)OC[C@H]3N3C1[C@H]1c4c(cc(C)c(OC)c4OCCC)C[C@@H]([C@@H]3C#N)N1C)OCO2. The summed E-state index contributed by atoms with van der Waals surface area (Å²) in [5.41, 5.74) is 6.19. The third-order valence-electron chi connectivity index (χ3n) is 13.1. The van der Waals surface area contributed by atoms with Gasteiger partial charge in [-0.1, -0.05) is 19.9 Å². The second-order valence-corrected chi connectivity index (χ2v) is 17.3. The Kier molecular flexibility index (Phi) is 10.0. The fourth-order valence-electron chi connectivity index (χ4n) is 10.6. The van der Waals surface area contributed by atoms with Crippen LogP contribution in [-0.2, 0) is 27.9 Å². The Morgan fingerprint density at radius 2 is 1.74 bits per heavy atom. The maximum atomic E-state index is 14.9. The number of methoxy groups -OCH3 is 2. The van der Waals surface area contributed by atoms with Gasteiger partial charge in [-0.2, -0.15) is 5.26 Å². The summed E-state index contributed by atoms with van der Waals surface area (Å²) in [7, 11) is 5.33. The van der Waals surface area contributed by atoms with E-state index in [9.17, 15) is 15.2 Å². The highest BCUT2D eigenvalue weighted by atomic mass is 32.2. The van der Waals surface area contributed by atoms with E-state index >= 15 is 0 Å². The molecule has 2 saturated heterocycles. The number of fused-ring (bicyclic) bond motifs is 9. The molecule has 7 aliphatic rings. The molecular weight excluding hydrogens is 761 g/mol. The lowest BCUT2D eigenvalue weighted by Crippen LogP contribution is -2.69. The molecule has 0 saturated carbocycles. The highest BCUT2D eigenvalue weighted by Crippen LogP contribution is 2.64. The van der Waals surface area contributed by atoms with Crippen LogP contribution >= 0.6 is 11.8 Å². The third kappa shape index (κ3) is 5.56. The van der Waals surface area contributed by atoms with Crippen molar-refractivity contribution in [3.63, 3.8) is 0 Å². The van der Waals surface area contributed by atoms with Gasteiger partial charge in [-0.25, -0.2) is 4.79 Å². The number of nitrogens with zero attached hydrogens (tertiary/aromatic N) is 3. The van der Waals surface area contributed by atoms with E-state index < -0.39 is 23.6 Å². The molecule has 1 spiro atoms. The maximum absolute atomic E-state index is 14.9. The van der Waals surface area contributed by atoms with Crippen molar-refractivity contribution in [2.75, 3.05) is 60.2 Å². The molecule has 0 aromatic heterocycles. The lowest BCUT2D eigenvalue weighted by Gasteiger charge is -2.62. The Bertz CT molecular complexity index is 2210. The highest BCUT2D eigenvalue weighted by molar-refractivity contribution is 7.99. The number of nitriles is 1. The summed E-state index contributed by atoms with van der Waals surface area (Å²) in [6.45, 7) is 9.77. The zero-order chi connectivity index (χ0) is 40.6. The number of aromatic hydroxyl groups is 1. The van der Waals surface area contributed by atoms with Gasteiger partial charge in [-0.05, 0) is 81.0 Å². The Labute approximate surface area is 343 Å². The van der Waals surface area contributed by atoms with Crippen molar-refractivity contribution in [2.45, 2.75) is 94.4 Å². The average molecular weight is 813 g/mol. The summed E-state index contributed by atoms with van der Waals surface area (Å²) < 4.78 is 44.3. The molecule has 3 aromatic carbocycles. The summed E-state index contributed by atoms with van der Waals surface area (Å²) in [4.78, 5) is 19.6. The van der Waals surface area contributed by atoms with E-state index in [1.165, 1.54) is 7.11 Å². The van der Waals surface area contributed by atoms with Gasteiger partial charge in [-0.15, -0.1) is 11.8 Å². The smallest absolute Gasteiger partial charge is 0.331 e. The number of hydrogen-bond donors (Lipinski definition) is 2. The van der Waals surface area contributed by atoms with Crippen molar-refractivity contribution in [3.8, 4) is 46.3 Å². The van der Waals surface area contributed by atoms with E-state index in [0.29, 0.717) is 49.8 Å². The number of benzene rings is 3. The second kappa shape index (κ2) is 14.9. The predicted molar refractivity (Wildman–Crippen MR) is 217 cm³/mol. The van der Waals surface area contributed by atoms with Gasteiger partial charge in [0.15, 0.2) is 40.0 Å². The summed E-state index contributed by atoms with van der Waals surface area (Å²) in [5, 5.41) is 25.4. The molecule has 308 valence electrons. The van der Waals surface area contributed by atoms with Gasteiger partial charge in [0.05, 0.1) is 50.8 Å². The zero-order valence-electron chi connectivity index (χ0n) is 34.2. The quantitative estimate of drug-likeness (QED) is 0.259. The minimum atomic E-state index is -1.27. The monoisotopic (exact) mass is 812 g/mol. The average Bonchev–Trinajstić information content (AvgIpc) is 3.71. The lowest BCUT2D eigenvalue weighted by atomic mass is 9.71. The van der Waals surface area contributed by atoms with Crippen LogP contribution in [-0.4, -0.2) is 99.2 Å². The predicted octanol–water partition coefficient (Wildman–Crippen LogP) is 5.93. The van der Waals surface area contributed by atoms with Crippen LogP contribution in [0.2, 0.25) is 0 Å². The van der Waals surface area contributed by atoms with E-state index in [1.807, 2.05) is 6.92 Å². The zero-order valence-corrected chi connectivity index (χ0v) is 35.0. The standard InChI is InChI=1S/C44H52N4O9S/c1-8-12-53-38-23(4)39-41(57-21-56-39)33-29-19-55-43(50)44(26-17-31(51-6)30(49)16-24(26)10-11-46-44)20-58-42(34(33)38)36-35-32-25(15-27(47(35)5)28(18-45)48(29)36)14-22(3)37(52-7)40(32)54-13-9-2/h14,16-17,27-29,35-36,42,46,49H,8-13,15,19-21H2,1-7H3/t27-,28-,29+,35+,36?,42+,44+/m0/s1.